The average Bonchev–Trinajstić information content (AvgIpc) is 2.83. The van der Waals surface area contributed by atoms with Gasteiger partial charge in [0.2, 0.25) is 5.78 Å². The second-order valence-corrected chi connectivity index (χ2v) is 4.56. The molecule has 1 aromatic heterocycles. The van der Waals surface area contributed by atoms with Crippen LogP contribution in [0.25, 0.3) is 6.08 Å². The molecule has 0 fully saturated rings. The van der Waals surface area contributed by atoms with Crippen LogP contribution in [-0.4, -0.2) is 29.7 Å². The number of carbonyl (C=O) groups excluding carboxylic acids is 1. The number of benzene rings is 1. The summed E-state index contributed by atoms with van der Waals surface area (Å²) in [7, 11) is 5.78. The normalized spacial score (nSPS) is 10.9. The zero-order valence-electron chi connectivity index (χ0n) is 11.4. The van der Waals surface area contributed by atoms with E-state index in [9.17, 15) is 4.79 Å². The molecule has 0 saturated heterocycles. The summed E-state index contributed by atoms with van der Waals surface area (Å²) in [6.45, 7) is 0. The Morgan fingerprint density at radius 2 is 1.89 bits per heavy atom. The molecule has 0 amide bonds. The Kier molecular flexibility index (Phi) is 3.80. The third kappa shape index (κ3) is 3.31. The molecule has 0 N–H and O–H groups in total. The standard InChI is InChI=1S/C15H17N3O/c1-17(2)13-7-4-12(5-8-13)6-9-15(19)14-10-11-18(3)16-14/h4-11H,1-3H3/b9-6+. The Labute approximate surface area is 113 Å². The van der Waals surface area contributed by atoms with Gasteiger partial charge in [0.15, 0.2) is 0 Å². The Morgan fingerprint density at radius 1 is 1.21 bits per heavy atom. The van der Waals surface area contributed by atoms with Crippen LogP contribution < -0.4 is 4.90 Å². The van der Waals surface area contributed by atoms with E-state index in [1.165, 1.54) is 0 Å². The van der Waals surface area contributed by atoms with E-state index in [0.717, 1.165) is 11.3 Å². The van der Waals surface area contributed by atoms with Gasteiger partial charge in [-0.2, -0.15) is 5.10 Å². The van der Waals surface area contributed by atoms with Crippen molar-refractivity contribution < 1.29 is 4.79 Å². The number of allylic oxidation sites excluding steroid dienone is 1. The minimum Gasteiger partial charge on any atom is -0.378 e. The summed E-state index contributed by atoms with van der Waals surface area (Å²) in [6.07, 6.45) is 5.11. The maximum atomic E-state index is 11.8. The minimum atomic E-state index is -0.0858. The van der Waals surface area contributed by atoms with Gasteiger partial charge in [0.05, 0.1) is 0 Å². The molecule has 19 heavy (non-hydrogen) atoms. The summed E-state index contributed by atoms with van der Waals surface area (Å²) >= 11 is 0. The highest BCUT2D eigenvalue weighted by molar-refractivity contribution is 6.05. The zero-order chi connectivity index (χ0) is 13.8. The van der Waals surface area contributed by atoms with E-state index < -0.39 is 0 Å². The van der Waals surface area contributed by atoms with Crippen LogP contribution in [0.4, 0.5) is 5.69 Å². The number of nitrogens with zero attached hydrogens (tertiary/aromatic N) is 3. The first kappa shape index (κ1) is 13.1. The van der Waals surface area contributed by atoms with E-state index in [2.05, 4.69) is 5.10 Å². The number of rotatable bonds is 4. The molecular formula is C15H17N3O. The number of hydrogen-bond donors (Lipinski definition) is 0. The highest BCUT2D eigenvalue weighted by Crippen LogP contribution is 2.13. The van der Waals surface area contributed by atoms with Gasteiger partial charge in [-0.15, -0.1) is 0 Å². The quantitative estimate of drug-likeness (QED) is 0.622. The topological polar surface area (TPSA) is 38.1 Å². The lowest BCUT2D eigenvalue weighted by molar-refractivity contribution is 0.104. The van der Waals surface area contributed by atoms with Crippen molar-refractivity contribution in [1.29, 1.82) is 0 Å². The largest absolute Gasteiger partial charge is 0.378 e. The van der Waals surface area contributed by atoms with E-state index in [-0.39, 0.29) is 5.78 Å². The maximum Gasteiger partial charge on any atom is 0.206 e. The molecular weight excluding hydrogens is 238 g/mol. The van der Waals surface area contributed by atoms with Gasteiger partial charge in [-0.1, -0.05) is 18.2 Å². The Bertz CT molecular complexity index is 594. The van der Waals surface area contributed by atoms with Crippen LogP contribution in [0.1, 0.15) is 16.1 Å². The van der Waals surface area contributed by atoms with Gasteiger partial charge in [-0.25, -0.2) is 0 Å². The minimum absolute atomic E-state index is 0.0858. The monoisotopic (exact) mass is 255 g/mol. The number of carbonyl (C=O) groups is 1. The fraction of sp³-hybridized carbons (Fsp3) is 0.200. The lowest BCUT2D eigenvalue weighted by Gasteiger charge is -2.11. The number of anilines is 1. The van der Waals surface area contributed by atoms with Gasteiger partial charge >= 0.3 is 0 Å². The van der Waals surface area contributed by atoms with E-state index >= 15 is 0 Å². The van der Waals surface area contributed by atoms with Crippen molar-refractivity contribution in [3.05, 3.63) is 53.9 Å². The van der Waals surface area contributed by atoms with E-state index in [0.29, 0.717) is 5.69 Å². The molecule has 0 aliphatic carbocycles. The lowest BCUT2D eigenvalue weighted by atomic mass is 10.1. The zero-order valence-corrected chi connectivity index (χ0v) is 11.4. The van der Waals surface area contributed by atoms with Crippen molar-refractivity contribution in [2.24, 2.45) is 7.05 Å². The smallest absolute Gasteiger partial charge is 0.206 e. The van der Waals surface area contributed by atoms with Crippen LogP contribution in [-0.2, 0) is 7.05 Å². The van der Waals surface area contributed by atoms with Crippen molar-refractivity contribution in [1.82, 2.24) is 9.78 Å². The van der Waals surface area contributed by atoms with Crippen molar-refractivity contribution in [3.63, 3.8) is 0 Å². The maximum absolute atomic E-state index is 11.8. The number of ketones is 1. The summed E-state index contributed by atoms with van der Waals surface area (Å²) in [6, 6.07) is 9.71. The summed E-state index contributed by atoms with van der Waals surface area (Å²) in [5.74, 6) is -0.0858. The summed E-state index contributed by atoms with van der Waals surface area (Å²) in [5, 5.41) is 4.07. The summed E-state index contributed by atoms with van der Waals surface area (Å²) in [5.41, 5.74) is 2.59. The SMILES string of the molecule is CN(C)c1ccc(/C=C/C(=O)c2ccn(C)n2)cc1. The second-order valence-electron chi connectivity index (χ2n) is 4.56. The molecule has 1 heterocycles. The molecule has 0 spiro atoms. The first-order valence-corrected chi connectivity index (χ1v) is 6.06. The predicted octanol–water partition coefficient (Wildman–Crippen LogP) is 2.38. The third-order valence-corrected chi connectivity index (χ3v) is 2.80. The molecule has 2 aromatic rings. The van der Waals surface area contributed by atoms with Crippen molar-refractivity contribution in [2.75, 3.05) is 19.0 Å². The van der Waals surface area contributed by atoms with Crippen molar-refractivity contribution in [3.8, 4) is 0 Å². The van der Waals surface area contributed by atoms with E-state index in [1.54, 1.807) is 36.1 Å². The van der Waals surface area contributed by atoms with Crippen LogP contribution >= 0.6 is 0 Å². The summed E-state index contributed by atoms with van der Waals surface area (Å²) < 4.78 is 1.62. The van der Waals surface area contributed by atoms with Gasteiger partial charge in [-0.05, 0) is 29.8 Å². The van der Waals surface area contributed by atoms with Crippen LogP contribution in [0.5, 0.6) is 0 Å². The molecule has 0 saturated carbocycles. The fourth-order valence-electron chi connectivity index (χ4n) is 1.69. The molecule has 0 aliphatic rings. The molecule has 98 valence electrons. The molecule has 0 radical (unpaired) electrons. The number of aromatic nitrogens is 2. The predicted molar refractivity (Wildman–Crippen MR) is 77.3 cm³/mol. The lowest BCUT2D eigenvalue weighted by Crippen LogP contribution is -2.07. The molecule has 2 rings (SSSR count). The molecule has 4 heteroatoms. The van der Waals surface area contributed by atoms with Crippen LogP contribution in [0.15, 0.2) is 42.6 Å². The molecule has 0 atom stereocenters. The fourth-order valence-corrected chi connectivity index (χ4v) is 1.69. The Balaban J connectivity index is 2.08. The Morgan fingerprint density at radius 3 is 2.42 bits per heavy atom. The molecule has 0 unspecified atom stereocenters. The first-order valence-electron chi connectivity index (χ1n) is 6.06. The van der Waals surface area contributed by atoms with Gasteiger partial charge < -0.3 is 4.90 Å². The van der Waals surface area contributed by atoms with Crippen molar-refractivity contribution >= 4 is 17.5 Å². The Hall–Kier alpha value is -2.36. The molecule has 4 nitrogen and oxygen atoms in total. The highest BCUT2D eigenvalue weighted by atomic mass is 16.1. The molecule has 0 aliphatic heterocycles. The first-order chi connectivity index (χ1) is 9.06. The molecule has 1 aromatic carbocycles. The highest BCUT2D eigenvalue weighted by Gasteiger charge is 2.04. The van der Waals surface area contributed by atoms with Crippen LogP contribution in [0.2, 0.25) is 0 Å². The van der Waals surface area contributed by atoms with Gasteiger partial charge in [0.25, 0.3) is 0 Å². The summed E-state index contributed by atoms with van der Waals surface area (Å²) in [4.78, 5) is 13.9. The average molecular weight is 255 g/mol. The van der Waals surface area contributed by atoms with Gasteiger partial charge in [0.1, 0.15) is 5.69 Å². The van der Waals surface area contributed by atoms with Crippen LogP contribution in [0.3, 0.4) is 0 Å². The van der Waals surface area contributed by atoms with Crippen LogP contribution in [0, 0.1) is 0 Å². The second kappa shape index (κ2) is 5.52. The number of hydrogen-bond acceptors (Lipinski definition) is 3. The van der Waals surface area contributed by atoms with E-state index in [1.807, 2.05) is 43.3 Å². The van der Waals surface area contributed by atoms with Gasteiger partial charge in [0, 0.05) is 33.0 Å². The van der Waals surface area contributed by atoms with E-state index in [4.69, 9.17) is 0 Å². The molecule has 0 bridgehead atoms. The van der Waals surface area contributed by atoms with Crippen molar-refractivity contribution in [2.45, 2.75) is 0 Å². The third-order valence-electron chi connectivity index (χ3n) is 2.80. The van der Waals surface area contributed by atoms with Gasteiger partial charge in [-0.3, -0.25) is 9.48 Å². The number of aryl methyl sites for hydroxylation is 1.